The molecule has 1 rings (SSSR count). The SMILES string of the molecule is CCCC(C)c1cccc(OC(C)C)c1. The highest BCUT2D eigenvalue weighted by atomic mass is 16.5. The average Bonchev–Trinajstić information content (AvgIpc) is 2.17. The highest BCUT2D eigenvalue weighted by Gasteiger charge is 2.05. The van der Waals surface area contributed by atoms with Crippen LogP contribution in [-0.4, -0.2) is 6.10 Å². The molecular formula is C14H22O. The molecule has 1 atom stereocenters. The molecule has 0 heterocycles. The number of benzene rings is 1. The third-order valence-corrected chi connectivity index (χ3v) is 2.52. The molecular weight excluding hydrogens is 184 g/mol. The van der Waals surface area contributed by atoms with Crippen molar-refractivity contribution in [1.29, 1.82) is 0 Å². The lowest BCUT2D eigenvalue weighted by atomic mass is 9.96. The summed E-state index contributed by atoms with van der Waals surface area (Å²) in [4.78, 5) is 0. The Morgan fingerprint density at radius 1 is 1.20 bits per heavy atom. The molecule has 0 saturated carbocycles. The number of hydrogen-bond acceptors (Lipinski definition) is 1. The molecule has 0 aromatic heterocycles. The van der Waals surface area contributed by atoms with Crippen molar-refractivity contribution >= 4 is 0 Å². The smallest absolute Gasteiger partial charge is 0.119 e. The highest BCUT2D eigenvalue weighted by Crippen LogP contribution is 2.24. The fraction of sp³-hybridized carbons (Fsp3) is 0.571. The van der Waals surface area contributed by atoms with E-state index in [0.717, 1.165) is 5.75 Å². The van der Waals surface area contributed by atoms with Crippen molar-refractivity contribution in [3.05, 3.63) is 29.8 Å². The topological polar surface area (TPSA) is 9.23 Å². The molecule has 1 heteroatoms. The van der Waals surface area contributed by atoms with Crippen LogP contribution in [0.5, 0.6) is 5.75 Å². The summed E-state index contributed by atoms with van der Waals surface area (Å²) in [6, 6.07) is 8.47. The molecule has 0 saturated heterocycles. The van der Waals surface area contributed by atoms with Gasteiger partial charge in [0.25, 0.3) is 0 Å². The molecule has 0 N–H and O–H groups in total. The number of rotatable bonds is 5. The zero-order chi connectivity index (χ0) is 11.3. The summed E-state index contributed by atoms with van der Waals surface area (Å²) in [5, 5.41) is 0. The van der Waals surface area contributed by atoms with Crippen LogP contribution in [0.25, 0.3) is 0 Å². The van der Waals surface area contributed by atoms with E-state index >= 15 is 0 Å². The van der Waals surface area contributed by atoms with Gasteiger partial charge in [-0.25, -0.2) is 0 Å². The van der Waals surface area contributed by atoms with Crippen LogP contribution in [0.15, 0.2) is 24.3 Å². The Bertz CT molecular complexity index is 291. The van der Waals surface area contributed by atoms with E-state index < -0.39 is 0 Å². The van der Waals surface area contributed by atoms with E-state index in [4.69, 9.17) is 4.74 Å². The molecule has 84 valence electrons. The van der Waals surface area contributed by atoms with Crippen molar-refractivity contribution in [3.8, 4) is 5.75 Å². The zero-order valence-corrected chi connectivity index (χ0v) is 10.3. The highest BCUT2D eigenvalue weighted by molar-refractivity contribution is 5.30. The lowest BCUT2D eigenvalue weighted by molar-refractivity contribution is 0.242. The molecule has 0 aliphatic rings. The summed E-state index contributed by atoms with van der Waals surface area (Å²) in [6.07, 6.45) is 2.73. The minimum absolute atomic E-state index is 0.252. The van der Waals surface area contributed by atoms with Gasteiger partial charge < -0.3 is 4.74 Å². The molecule has 0 fully saturated rings. The molecule has 0 radical (unpaired) electrons. The molecule has 1 aromatic carbocycles. The van der Waals surface area contributed by atoms with Crippen LogP contribution in [0.1, 0.15) is 52.0 Å². The van der Waals surface area contributed by atoms with Gasteiger partial charge in [-0.15, -0.1) is 0 Å². The molecule has 0 amide bonds. The van der Waals surface area contributed by atoms with Crippen LogP contribution in [-0.2, 0) is 0 Å². The maximum absolute atomic E-state index is 5.68. The molecule has 0 aliphatic heterocycles. The number of hydrogen-bond donors (Lipinski definition) is 0. The largest absolute Gasteiger partial charge is 0.491 e. The molecule has 1 nitrogen and oxygen atoms in total. The molecule has 15 heavy (non-hydrogen) atoms. The summed E-state index contributed by atoms with van der Waals surface area (Å²) in [6.45, 7) is 8.62. The standard InChI is InChI=1S/C14H22O/c1-5-7-12(4)13-8-6-9-14(10-13)15-11(2)3/h6,8-12H,5,7H2,1-4H3. The van der Waals surface area contributed by atoms with Crippen LogP contribution in [0.4, 0.5) is 0 Å². The van der Waals surface area contributed by atoms with Gasteiger partial charge in [-0.1, -0.05) is 32.4 Å². The molecule has 0 spiro atoms. The van der Waals surface area contributed by atoms with Gasteiger partial charge in [0.15, 0.2) is 0 Å². The van der Waals surface area contributed by atoms with E-state index in [2.05, 4.69) is 45.9 Å². The van der Waals surface area contributed by atoms with E-state index in [1.807, 2.05) is 6.07 Å². The normalized spacial score (nSPS) is 12.9. The average molecular weight is 206 g/mol. The Hall–Kier alpha value is -0.980. The lowest BCUT2D eigenvalue weighted by Gasteiger charge is -2.14. The van der Waals surface area contributed by atoms with Crippen LogP contribution in [0.3, 0.4) is 0 Å². The van der Waals surface area contributed by atoms with Crippen LogP contribution in [0, 0.1) is 0 Å². The first-order chi connectivity index (χ1) is 7.13. The van der Waals surface area contributed by atoms with E-state index in [-0.39, 0.29) is 6.10 Å². The molecule has 1 unspecified atom stereocenters. The van der Waals surface area contributed by atoms with E-state index in [1.165, 1.54) is 18.4 Å². The Kier molecular flexibility index (Phi) is 4.67. The monoisotopic (exact) mass is 206 g/mol. The van der Waals surface area contributed by atoms with Gasteiger partial charge in [-0.3, -0.25) is 0 Å². The second kappa shape index (κ2) is 5.79. The third kappa shape index (κ3) is 3.94. The van der Waals surface area contributed by atoms with Crippen molar-refractivity contribution in [2.24, 2.45) is 0 Å². The predicted octanol–water partition coefficient (Wildman–Crippen LogP) is 4.38. The van der Waals surface area contributed by atoms with Crippen molar-refractivity contribution in [2.45, 2.75) is 52.6 Å². The van der Waals surface area contributed by atoms with Crippen LogP contribution in [0.2, 0.25) is 0 Å². The second-order valence-corrected chi connectivity index (χ2v) is 4.43. The first-order valence-corrected chi connectivity index (χ1v) is 5.90. The van der Waals surface area contributed by atoms with Gasteiger partial charge in [0.05, 0.1) is 6.10 Å². The molecule has 1 aromatic rings. The zero-order valence-electron chi connectivity index (χ0n) is 10.3. The first kappa shape index (κ1) is 12.1. The molecule has 0 aliphatic carbocycles. The predicted molar refractivity (Wildman–Crippen MR) is 65.5 cm³/mol. The van der Waals surface area contributed by atoms with Crippen LogP contribution < -0.4 is 4.74 Å². The summed E-state index contributed by atoms with van der Waals surface area (Å²) in [5.74, 6) is 1.62. The van der Waals surface area contributed by atoms with E-state index in [9.17, 15) is 0 Å². The van der Waals surface area contributed by atoms with Gasteiger partial charge in [0, 0.05) is 0 Å². The summed E-state index contributed by atoms with van der Waals surface area (Å²) in [7, 11) is 0. The van der Waals surface area contributed by atoms with Crippen molar-refractivity contribution in [1.82, 2.24) is 0 Å². The molecule has 0 bridgehead atoms. The lowest BCUT2D eigenvalue weighted by Crippen LogP contribution is -2.05. The van der Waals surface area contributed by atoms with Gasteiger partial charge in [0.1, 0.15) is 5.75 Å². The minimum atomic E-state index is 0.252. The third-order valence-electron chi connectivity index (χ3n) is 2.52. The van der Waals surface area contributed by atoms with Gasteiger partial charge in [-0.2, -0.15) is 0 Å². The summed E-state index contributed by atoms with van der Waals surface area (Å²) in [5.41, 5.74) is 1.38. The summed E-state index contributed by atoms with van der Waals surface area (Å²) < 4.78 is 5.68. The van der Waals surface area contributed by atoms with Gasteiger partial charge in [0.2, 0.25) is 0 Å². The number of ether oxygens (including phenoxy) is 1. The second-order valence-electron chi connectivity index (χ2n) is 4.43. The van der Waals surface area contributed by atoms with E-state index in [0.29, 0.717) is 5.92 Å². The first-order valence-electron chi connectivity index (χ1n) is 5.90. The summed E-state index contributed by atoms with van der Waals surface area (Å²) >= 11 is 0. The maximum atomic E-state index is 5.68. The van der Waals surface area contributed by atoms with Crippen molar-refractivity contribution < 1.29 is 4.74 Å². The fourth-order valence-corrected chi connectivity index (χ4v) is 1.77. The quantitative estimate of drug-likeness (QED) is 0.694. The van der Waals surface area contributed by atoms with Crippen LogP contribution >= 0.6 is 0 Å². The Balaban J connectivity index is 2.73. The van der Waals surface area contributed by atoms with Gasteiger partial charge >= 0.3 is 0 Å². The fourth-order valence-electron chi connectivity index (χ4n) is 1.77. The van der Waals surface area contributed by atoms with Crippen molar-refractivity contribution in [2.75, 3.05) is 0 Å². The Labute approximate surface area is 93.5 Å². The minimum Gasteiger partial charge on any atom is -0.491 e. The van der Waals surface area contributed by atoms with Gasteiger partial charge in [-0.05, 0) is 43.9 Å². The Morgan fingerprint density at radius 3 is 2.53 bits per heavy atom. The van der Waals surface area contributed by atoms with Crippen molar-refractivity contribution in [3.63, 3.8) is 0 Å². The maximum Gasteiger partial charge on any atom is 0.119 e. The Morgan fingerprint density at radius 2 is 1.93 bits per heavy atom. The van der Waals surface area contributed by atoms with E-state index in [1.54, 1.807) is 0 Å².